The van der Waals surface area contributed by atoms with E-state index >= 15 is 0 Å². The van der Waals surface area contributed by atoms with Crippen molar-refractivity contribution in [1.29, 1.82) is 0 Å². The smallest absolute Gasteiger partial charge is 0.414 e. The van der Waals surface area contributed by atoms with Crippen LogP contribution in [0.15, 0.2) is 42.7 Å². The summed E-state index contributed by atoms with van der Waals surface area (Å²) in [5.74, 6) is 1.25. The summed E-state index contributed by atoms with van der Waals surface area (Å²) in [5, 5.41) is 8.10. The second-order valence-corrected chi connectivity index (χ2v) is 9.08. The van der Waals surface area contributed by atoms with Gasteiger partial charge in [-0.1, -0.05) is 6.07 Å². The van der Waals surface area contributed by atoms with Gasteiger partial charge in [0.15, 0.2) is 0 Å². The predicted octanol–water partition coefficient (Wildman–Crippen LogP) is 4.88. The van der Waals surface area contributed by atoms with Crippen LogP contribution in [0.25, 0.3) is 11.1 Å². The number of aromatic nitrogens is 3. The maximum atomic E-state index is 12.6. The normalized spacial score (nSPS) is 18.4. The number of benzene rings is 1. The minimum Gasteiger partial charge on any atom is -0.452 e. The van der Waals surface area contributed by atoms with E-state index in [1.807, 2.05) is 50.4 Å². The highest BCUT2D eigenvalue weighted by molar-refractivity contribution is 5.92. The molecule has 1 N–H and O–H groups in total. The summed E-state index contributed by atoms with van der Waals surface area (Å²) in [4.78, 5) is 18.9. The number of anilines is 1. The van der Waals surface area contributed by atoms with Crippen LogP contribution in [0.5, 0.6) is 11.6 Å². The Labute approximate surface area is 199 Å². The topological polar surface area (TPSA) is 81.5 Å². The molecule has 5 rings (SSSR count). The molecular weight excluding hydrogens is 430 g/mol. The molecule has 2 aromatic heterocycles. The molecule has 3 aromatic rings. The van der Waals surface area contributed by atoms with Gasteiger partial charge in [0.05, 0.1) is 25.0 Å². The van der Waals surface area contributed by atoms with Gasteiger partial charge in [0, 0.05) is 40.7 Å². The van der Waals surface area contributed by atoms with Crippen molar-refractivity contribution in [3.63, 3.8) is 0 Å². The third kappa shape index (κ3) is 4.25. The number of hydrogen-bond donors (Lipinski definition) is 1. The van der Waals surface area contributed by atoms with Gasteiger partial charge < -0.3 is 14.8 Å². The molecule has 0 aliphatic carbocycles. The van der Waals surface area contributed by atoms with Crippen molar-refractivity contribution >= 4 is 11.8 Å². The average Bonchev–Trinajstić information content (AvgIpc) is 3.34. The molecule has 4 heterocycles. The molecule has 0 saturated carbocycles. The van der Waals surface area contributed by atoms with E-state index in [0.29, 0.717) is 11.9 Å². The van der Waals surface area contributed by atoms with E-state index in [2.05, 4.69) is 21.2 Å². The molecule has 0 spiro atoms. The van der Waals surface area contributed by atoms with Crippen molar-refractivity contribution in [2.45, 2.75) is 51.6 Å². The van der Waals surface area contributed by atoms with Crippen LogP contribution in [0.4, 0.5) is 10.5 Å². The van der Waals surface area contributed by atoms with Crippen LogP contribution in [-0.4, -0.2) is 47.1 Å². The van der Waals surface area contributed by atoms with Gasteiger partial charge in [-0.05, 0) is 70.8 Å². The fraction of sp³-hybridized carbons (Fsp3) is 0.423. The molecule has 34 heavy (non-hydrogen) atoms. The Morgan fingerprint density at radius 2 is 1.97 bits per heavy atom. The number of fused-ring (bicyclic) bond motifs is 1. The van der Waals surface area contributed by atoms with Crippen LogP contribution in [-0.2, 0) is 11.2 Å². The van der Waals surface area contributed by atoms with E-state index in [1.54, 1.807) is 4.90 Å². The first kappa shape index (κ1) is 22.4. The quantitative estimate of drug-likeness (QED) is 0.597. The van der Waals surface area contributed by atoms with E-state index in [0.717, 1.165) is 72.6 Å². The molecular formula is C26H31N5O3. The third-order valence-electron chi connectivity index (χ3n) is 6.78. The van der Waals surface area contributed by atoms with E-state index < -0.39 is 0 Å². The maximum absolute atomic E-state index is 12.6. The maximum Gasteiger partial charge on any atom is 0.414 e. The first-order chi connectivity index (χ1) is 16.5. The van der Waals surface area contributed by atoms with Crippen LogP contribution in [0.3, 0.4) is 0 Å². The van der Waals surface area contributed by atoms with Gasteiger partial charge in [-0.2, -0.15) is 5.10 Å². The Kier molecular flexibility index (Phi) is 6.24. The molecule has 1 amide bonds. The average molecular weight is 462 g/mol. The zero-order valence-electron chi connectivity index (χ0n) is 20.0. The van der Waals surface area contributed by atoms with Gasteiger partial charge in [-0.25, -0.2) is 9.78 Å². The van der Waals surface area contributed by atoms with E-state index in [4.69, 9.17) is 14.6 Å². The number of piperidine rings is 1. The van der Waals surface area contributed by atoms with Gasteiger partial charge in [-0.3, -0.25) is 9.58 Å². The molecule has 0 radical (unpaired) electrons. The summed E-state index contributed by atoms with van der Waals surface area (Å²) < 4.78 is 13.6. The first-order valence-corrected chi connectivity index (χ1v) is 11.9. The molecule has 2 aliphatic heterocycles. The lowest BCUT2D eigenvalue weighted by molar-refractivity contribution is 0.175. The van der Waals surface area contributed by atoms with E-state index in [1.165, 1.54) is 7.11 Å². The monoisotopic (exact) mass is 461 g/mol. The number of carbonyl (C=O) groups is 1. The molecule has 8 heteroatoms. The number of methoxy groups -OCH3 is 1. The lowest BCUT2D eigenvalue weighted by atomic mass is 9.92. The highest BCUT2D eigenvalue weighted by atomic mass is 16.5. The second kappa shape index (κ2) is 9.46. The number of hydrogen-bond acceptors (Lipinski definition) is 6. The number of amides is 1. The van der Waals surface area contributed by atoms with E-state index in [-0.39, 0.29) is 12.1 Å². The fourth-order valence-electron chi connectivity index (χ4n) is 4.95. The first-order valence-electron chi connectivity index (χ1n) is 11.9. The fourth-order valence-corrected chi connectivity index (χ4v) is 4.95. The Hall–Kier alpha value is -3.39. The summed E-state index contributed by atoms with van der Waals surface area (Å²) >= 11 is 0. The molecule has 0 unspecified atom stereocenters. The minimum atomic E-state index is -0.362. The van der Waals surface area contributed by atoms with Crippen LogP contribution < -0.4 is 15.0 Å². The number of pyridine rings is 1. The number of nitrogens with one attached hydrogen (secondary N) is 1. The van der Waals surface area contributed by atoms with Crippen molar-refractivity contribution < 1.29 is 14.3 Å². The number of rotatable bonds is 4. The zero-order chi connectivity index (χ0) is 23.7. The van der Waals surface area contributed by atoms with Crippen molar-refractivity contribution in [2.24, 2.45) is 0 Å². The number of carbonyl (C=O) groups excluding carboxylic acids is 1. The lowest BCUT2D eigenvalue weighted by Gasteiger charge is -2.35. The van der Waals surface area contributed by atoms with Crippen molar-refractivity contribution in [3.05, 3.63) is 54.0 Å². The standard InChI is InChI=1S/C26H31N5O3/c1-17-5-4-6-24(29-17)34-25-21(19-15-28-30(16-19)20-11-13-27-14-12-20)9-10-23-22(25)8-7-18(2)31(23)26(32)33-3/h4-6,9-10,15-16,18,20,27H,7-8,11-14H2,1-3H3/t18-/m0/s1. The van der Waals surface area contributed by atoms with Gasteiger partial charge in [-0.15, -0.1) is 0 Å². The van der Waals surface area contributed by atoms with Crippen molar-refractivity contribution in [3.8, 4) is 22.8 Å². The summed E-state index contributed by atoms with van der Waals surface area (Å²) in [6, 6.07) is 10.2. The summed E-state index contributed by atoms with van der Waals surface area (Å²) in [6.07, 6.45) is 7.39. The van der Waals surface area contributed by atoms with Crippen LogP contribution in [0.2, 0.25) is 0 Å². The summed E-state index contributed by atoms with van der Waals surface area (Å²) in [6.45, 7) is 6.00. The third-order valence-corrected chi connectivity index (χ3v) is 6.78. The Bertz CT molecular complexity index is 1180. The zero-order valence-corrected chi connectivity index (χ0v) is 20.0. The SMILES string of the molecule is COC(=O)N1c2ccc(-c3cnn(C4CCNCC4)c3)c(Oc3cccc(C)n3)c2CC[C@@H]1C. The Morgan fingerprint density at radius 1 is 1.15 bits per heavy atom. The molecule has 2 aliphatic rings. The van der Waals surface area contributed by atoms with Gasteiger partial charge in [0.1, 0.15) is 5.75 Å². The van der Waals surface area contributed by atoms with Gasteiger partial charge in [0.25, 0.3) is 0 Å². The molecule has 0 bridgehead atoms. The second-order valence-electron chi connectivity index (χ2n) is 9.08. The Morgan fingerprint density at radius 3 is 2.74 bits per heavy atom. The van der Waals surface area contributed by atoms with Gasteiger partial charge in [0.2, 0.25) is 5.88 Å². The molecule has 1 aromatic carbocycles. The molecule has 1 fully saturated rings. The predicted molar refractivity (Wildman–Crippen MR) is 131 cm³/mol. The van der Waals surface area contributed by atoms with Crippen molar-refractivity contribution in [1.82, 2.24) is 20.1 Å². The van der Waals surface area contributed by atoms with Crippen LogP contribution in [0, 0.1) is 6.92 Å². The van der Waals surface area contributed by atoms with Crippen LogP contribution in [0.1, 0.15) is 43.5 Å². The molecule has 1 atom stereocenters. The van der Waals surface area contributed by atoms with Crippen molar-refractivity contribution in [2.75, 3.05) is 25.1 Å². The minimum absolute atomic E-state index is 0.0402. The molecule has 178 valence electrons. The lowest BCUT2D eigenvalue weighted by Crippen LogP contribution is -2.42. The number of nitrogens with zero attached hydrogens (tertiary/aromatic N) is 4. The summed E-state index contributed by atoms with van der Waals surface area (Å²) in [5.41, 5.74) is 4.63. The number of ether oxygens (including phenoxy) is 2. The van der Waals surface area contributed by atoms with Crippen LogP contribution >= 0.6 is 0 Å². The molecule has 1 saturated heterocycles. The summed E-state index contributed by atoms with van der Waals surface area (Å²) in [7, 11) is 1.42. The Balaban J connectivity index is 1.60. The van der Waals surface area contributed by atoms with Gasteiger partial charge >= 0.3 is 6.09 Å². The number of aryl methyl sites for hydroxylation is 1. The highest BCUT2D eigenvalue weighted by Gasteiger charge is 2.32. The largest absolute Gasteiger partial charge is 0.452 e. The highest BCUT2D eigenvalue weighted by Crippen LogP contribution is 2.44. The van der Waals surface area contributed by atoms with E-state index in [9.17, 15) is 4.79 Å². The molecule has 8 nitrogen and oxygen atoms in total.